The van der Waals surface area contributed by atoms with Crippen molar-refractivity contribution in [2.75, 3.05) is 23.7 Å². The van der Waals surface area contributed by atoms with E-state index in [1.54, 1.807) is 6.07 Å². The second-order valence-electron chi connectivity index (χ2n) is 2.99. The molecule has 15 heavy (non-hydrogen) atoms. The molecular formula is C10H15N3O2. The lowest BCUT2D eigenvalue weighted by Crippen LogP contribution is -2.08. The highest BCUT2D eigenvalue weighted by molar-refractivity contribution is 5.89. The van der Waals surface area contributed by atoms with Crippen LogP contribution in [0.3, 0.4) is 0 Å². The SMILES string of the molecule is CCNc1cc(C(=O)O)cnc1NCC. The maximum Gasteiger partial charge on any atom is 0.337 e. The largest absolute Gasteiger partial charge is 0.478 e. The van der Waals surface area contributed by atoms with E-state index in [1.165, 1.54) is 6.20 Å². The first-order valence-corrected chi connectivity index (χ1v) is 4.90. The molecule has 0 amide bonds. The van der Waals surface area contributed by atoms with E-state index in [2.05, 4.69) is 15.6 Å². The average molecular weight is 209 g/mol. The van der Waals surface area contributed by atoms with E-state index in [4.69, 9.17) is 5.11 Å². The highest BCUT2D eigenvalue weighted by atomic mass is 16.4. The molecule has 0 aromatic carbocycles. The van der Waals surface area contributed by atoms with E-state index in [9.17, 15) is 4.79 Å². The fraction of sp³-hybridized carbons (Fsp3) is 0.400. The zero-order chi connectivity index (χ0) is 11.3. The number of nitrogens with one attached hydrogen (secondary N) is 2. The van der Waals surface area contributed by atoms with Gasteiger partial charge in [-0.2, -0.15) is 0 Å². The highest BCUT2D eigenvalue weighted by Crippen LogP contribution is 2.19. The fourth-order valence-corrected chi connectivity index (χ4v) is 1.22. The number of carboxylic acids is 1. The summed E-state index contributed by atoms with van der Waals surface area (Å²) in [6, 6.07) is 1.58. The minimum atomic E-state index is -0.968. The number of pyridine rings is 1. The quantitative estimate of drug-likeness (QED) is 0.687. The van der Waals surface area contributed by atoms with Crippen molar-refractivity contribution in [3.05, 3.63) is 17.8 Å². The van der Waals surface area contributed by atoms with E-state index in [-0.39, 0.29) is 5.56 Å². The Kier molecular flexibility index (Phi) is 3.91. The van der Waals surface area contributed by atoms with Crippen molar-refractivity contribution < 1.29 is 9.90 Å². The standard InChI is InChI=1S/C10H15N3O2/c1-3-11-8-5-7(10(14)15)6-13-9(8)12-4-2/h5-6,11H,3-4H2,1-2H3,(H,12,13)(H,14,15). The van der Waals surface area contributed by atoms with Gasteiger partial charge in [0.05, 0.1) is 11.3 Å². The number of aromatic carboxylic acids is 1. The van der Waals surface area contributed by atoms with Gasteiger partial charge in [-0.05, 0) is 19.9 Å². The number of anilines is 2. The van der Waals surface area contributed by atoms with Crippen LogP contribution in [-0.2, 0) is 0 Å². The van der Waals surface area contributed by atoms with Gasteiger partial charge in [-0.25, -0.2) is 9.78 Å². The van der Waals surface area contributed by atoms with E-state index < -0.39 is 5.97 Å². The summed E-state index contributed by atoms with van der Waals surface area (Å²) >= 11 is 0. The molecule has 0 saturated heterocycles. The van der Waals surface area contributed by atoms with Gasteiger partial charge in [0.2, 0.25) is 0 Å². The van der Waals surface area contributed by atoms with Gasteiger partial charge in [-0.1, -0.05) is 0 Å². The van der Waals surface area contributed by atoms with Crippen LogP contribution in [0, 0.1) is 0 Å². The molecule has 0 bridgehead atoms. The molecule has 1 rings (SSSR count). The Balaban J connectivity index is 3.02. The number of rotatable bonds is 5. The van der Waals surface area contributed by atoms with Crippen LogP contribution in [0.1, 0.15) is 24.2 Å². The molecular weight excluding hydrogens is 194 g/mol. The summed E-state index contributed by atoms with van der Waals surface area (Å²) in [6.45, 7) is 5.38. The summed E-state index contributed by atoms with van der Waals surface area (Å²) in [4.78, 5) is 14.8. The monoisotopic (exact) mass is 209 g/mol. The number of hydrogen-bond donors (Lipinski definition) is 3. The van der Waals surface area contributed by atoms with Crippen molar-refractivity contribution in [1.29, 1.82) is 0 Å². The molecule has 0 spiro atoms. The van der Waals surface area contributed by atoms with Crippen LogP contribution in [0.5, 0.6) is 0 Å². The lowest BCUT2D eigenvalue weighted by atomic mass is 10.2. The van der Waals surface area contributed by atoms with Gasteiger partial charge in [0.15, 0.2) is 0 Å². The summed E-state index contributed by atoms with van der Waals surface area (Å²) in [5.41, 5.74) is 0.909. The second-order valence-corrected chi connectivity index (χ2v) is 2.99. The zero-order valence-electron chi connectivity index (χ0n) is 8.87. The highest BCUT2D eigenvalue weighted by Gasteiger charge is 2.08. The predicted molar refractivity (Wildman–Crippen MR) is 59.5 cm³/mol. The summed E-state index contributed by atoms with van der Waals surface area (Å²) in [6.07, 6.45) is 1.35. The predicted octanol–water partition coefficient (Wildman–Crippen LogP) is 1.64. The summed E-state index contributed by atoms with van der Waals surface area (Å²) < 4.78 is 0. The molecule has 0 aliphatic rings. The van der Waals surface area contributed by atoms with E-state index in [0.29, 0.717) is 5.82 Å². The molecule has 0 atom stereocenters. The Morgan fingerprint density at radius 2 is 2.07 bits per heavy atom. The zero-order valence-corrected chi connectivity index (χ0v) is 8.87. The molecule has 3 N–H and O–H groups in total. The van der Waals surface area contributed by atoms with Gasteiger partial charge >= 0.3 is 5.97 Å². The first-order chi connectivity index (χ1) is 7.19. The van der Waals surface area contributed by atoms with Gasteiger partial charge < -0.3 is 15.7 Å². The lowest BCUT2D eigenvalue weighted by molar-refractivity contribution is 0.0696. The molecule has 0 unspecified atom stereocenters. The molecule has 1 aromatic heterocycles. The number of hydrogen-bond acceptors (Lipinski definition) is 4. The van der Waals surface area contributed by atoms with E-state index in [0.717, 1.165) is 18.8 Å². The maximum atomic E-state index is 10.7. The number of aromatic nitrogens is 1. The van der Waals surface area contributed by atoms with Crippen LogP contribution in [0.15, 0.2) is 12.3 Å². The molecule has 5 nitrogen and oxygen atoms in total. The molecule has 82 valence electrons. The van der Waals surface area contributed by atoms with E-state index in [1.807, 2.05) is 13.8 Å². The molecule has 0 radical (unpaired) electrons. The third kappa shape index (κ3) is 2.83. The third-order valence-electron chi connectivity index (χ3n) is 1.85. The molecule has 0 aliphatic carbocycles. The minimum Gasteiger partial charge on any atom is -0.478 e. The van der Waals surface area contributed by atoms with Crippen molar-refractivity contribution in [3.8, 4) is 0 Å². The van der Waals surface area contributed by atoms with Crippen LogP contribution in [0.4, 0.5) is 11.5 Å². The second kappa shape index (κ2) is 5.19. The van der Waals surface area contributed by atoms with Gasteiger partial charge in [-0.15, -0.1) is 0 Å². The van der Waals surface area contributed by atoms with Gasteiger partial charge in [0.25, 0.3) is 0 Å². The fourth-order valence-electron chi connectivity index (χ4n) is 1.22. The third-order valence-corrected chi connectivity index (χ3v) is 1.85. The summed E-state index contributed by atoms with van der Waals surface area (Å²) in [7, 11) is 0. The molecule has 0 saturated carbocycles. The molecule has 0 aliphatic heterocycles. The van der Waals surface area contributed by atoms with Crippen LogP contribution < -0.4 is 10.6 Å². The summed E-state index contributed by atoms with van der Waals surface area (Å²) in [5, 5.41) is 14.9. The first-order valence-electron chi connectivity index (χ1n) is 4.90. The van der Waals surface area contributed by atoms with Crippen molar-refractivity contribution in [2.45, 2.75) is 13.8 Å². The Labute approximate surface area is 88.5 Å². The lowest BCUT2D eigenvalue weighted by Gasteiger charge is -2.11. The minimum absolute atomic E-state index is 0.188. The molecule has 1 heterocycles. The van der Waals surface area contributed by atoms with Crippen LogP contribution >= 0.6 is 0 Å². The van der Waals surface area contributed by atoms with Crippen molar-refractivity contribution in [1.82, 2.24) is 4.98 Å². The van der Waals surface area contributed by atoms with Crippen molar-refractivity contribution in [3.63, 3.8) is 0 Å². The Hall–Kier alpha value is -1.78. The van der Waals surface area contributed by atoms with Crippen molar-refractivity contribution >= 4 is 17.5 Å². The topological polar surface area (TPSA) is 74.2 Å². The number of carbonyl (C=O) groups is 1. The summed E-state index contributed by atoms with van der Waals surface area (Å²) in [5.74, 6) is -0.283. The van der Waals surface area contributed by atoms with E-state index >= 15 is 0 Å². The van der Waals surface area contributed by atoms with Gasteiger partial charge in [0.1, 0.15) is 5.82 Å². The van der Waals surface area contributed by atoms with Crippen LogP contribution in [-0.4, -0.2) is 29.1 Å². The number of nitrogens with zero attached hydrogens (tertiary/aromatic N) is 1. The van der Waals surface area contributed by atoms with Crippen LogP contribution in [0.2, 0.25) is 0 Å². The maximum absolute atomic E-state index is 10.7. The van der Waals surface area contributed by atoms with Crippen molar-refractivity contribution in [2.24, 2.45) is 0 Å². The molecule has 0 fully saturated rings. The normalized spacial score (nSPS) is 9.73. The smallest absolute Gasteiger partial charge is 0.337 e. The Morgan fingerprint density at radius 1 is 1.40 bits per heavy atom. The number of carboxylic acid groups (broad SMARTS) is 1. The van der Waals surface area contributed by atoms with Gasteiger partial charge in [-0.3, -0.25) is 0 Å². The van der Waals surface area contributed by atoms with Crippen LogP contribution in [0.25, 0.3) is 0 Å². The average Bonchev–Trinajstić information content (AvgIpc) is 2.21. The Bertz CT molecular complexity index is 353. The molecule has 1 aromatic rings. The van der Waals surface area contributed by atoms with Gasteiger partial charge in [0, 0.05) is 19.3 Å². The first kappa shape index (κ1) is 11.3. The molecule has 5 heteroatoms. The Morgan fingerprint density at radius 3 is 2.60 bits per heavy atom.